The fraction of sp³-hybridized carbons (Fsp3) is 0.600. The minimum Gasteiger partial charge on any atom is -0.393 e. The van der Waals surface area contributed by atoms with Gasteiger partial charge in [0.2, 0.25) is 0 Å². The Kier molecular flexibility index (Phi) is 5.55. The second-order valence-corrected chi connectivity index (χ2v) is 6.80. The van der Waals surface area contributed by atoms with E-state index in [0.29, 0.717) is 5.92 Å². The topological polar surface area (TPSA) is 49.3 Å². The summed E-state index contributed by atoms with van der Waals surface area (Å²) in [4.78, 5) is 0.874. The first kappa shape index (κ1) is 14.7. The highest BCUT2D eigenvalue weighted by Gasteiger charge is 2.19. The lowest BCUT2D eigenvalue weighted by atomic mass is 9.87. The van der Waals surface area contributed by atoms with Gasteiger partial charge in [-0.05, 0) is 49.4 Å². The van der Waals surface area contributed by atoms with Crippen molar-refractivity contribution in [3.8, 4) is 0 Å². The van der Waals surface area contributed by atoms with E-state index in [1.165, 1.54) is 12.0 Å². The number of aliphatic hydroxyl groups excluding tert-OH is 1. The number of nitrogens with one attached hydrogen (secondary N) is 1. The van der Waals surface area contributed by atoms with Crippen molar-refractivity contribution in [3.05, 3.63) is 29.8 Å². The summed E-state index contributed by atoms with van der Waals surface area (Å²) in [5, 5.41) is 13.1. The molecule has 0 aromatic heterocycles. The molecule has 3 unspecified atom stereocenters. The first-order valence-electron chi connectivity index (χ1n) is 6.96. The average molecular weight is 281 g/mol. The third kappa shape index (κ3) is 4.71. The summed E-state index contributed by atoms with van der Waals surface area (Å²) < 4.78 is 11.3. The van der Waals surface area contributed by atoms with Crippen LogP contribution in [0.1, 0.15) is 31.2 Å². The molecule has 0 aliphatic heterocycles. The van der Waals surface area contributed by atoms with Gasteiger partial charge in [0.1, 0.15) is 0 Å². The Balaban J connectivity index is 1.74. The van der Waals surface area contributed by atoms with Crippen LogP contribution >= 0.6 is 0 Å². The van der Waals surface area contributed by atoms with Gasteiger partial charge in [0, 0.05) is 28.5 Å². The van der Waals surface area contributed by atoms with E-state index in [0.717, 1.165) is 37.2 Å². The van der Waals surface area contributed by atoms with Gasteiger partial charge >= 0.3 is 0 Å². The minimum absolute atomic E-state index is 0.0978. The summed E-state index contributed by atoms with van der Waals surface area (Å²) in [6.07, 6.45) is 5.86. The van der Waals surface area contributed by atoms with Crippen molar-refractivity contribution in [2.24, 2.45) is 5.92 Å². The minimum atomic E-state index is -0.899. The Hall–Kier alpha value is -0.710. The van der Waals surface area contributed by atoms with Crippen LogP contribution in [0, 0.1) is 5.92 Å². The van der Waals surface area contributed by atoms with E-state index in [4.69, 9.17) is 0 Å². The maximum Gasteiger partial charge on any atom is 0.0543 e. The Morgan fingerprint density at radius 2 is 2.05 bits per heavy atom. The summed E-state index contributed by atoms with van der Waals surface area (Å²) >= 11 is 0. The van der Waals surface area contributed by atoms with E-state index in [1.807, 2.05) is 24.3 Å². The summed E-state index contributed by atoms with van der Waals surface area (Å²) in [6, 6.07) is 7.91. The van der Waals surface area contributed by atoms with Gasteiger partial charge in [-0.25, -0.2) is 0 Å². The van der Waals surface area contributed by atoms with Gasteiger partial charge in [-0.3, -0.25) is 4.21 Å². The summed E-state index contributed by atoms with van der Waals surface area (Å²) in [5.41, 5.74) is 1.21. The molecule has 2 N–H and O–H groups in total. The lowest BCUT2D eigenvalue weighted by Crippen LogP contribution is -2.28. The van der Waals surface area contributed by atoms with Crippen LogP contribution < -0.4 is 5.32 Å². The molecule has 1 fully saturated rings. The second-order valence-electron chi connectivity index (χ2n) is 5.42. The van der Waals surface area contributed by atoms with Crippen LogP contribution in [0.15, 0.2) is 29.2 Å². The number of benzene rings is 1. The van der Waals surface area contributed by atoms with Crippen molar-refractivity contribution in [2.75, 3.05) is 12.8 Å². The highest BCUT2D eigenvalue weighted by Crippen LogP contribution is 2.23. The predicted octanol–water partition coefficient (Wildman–Crippen LogP) is 2.06. The highest BCUT2D eigenvalue weighted by atomic mass is 32.2. The lowest BCUT2D eigenvalue weighted by Gasteiger charge is -2.26. The molecule has 4 heteroatoms. The van der Waals surface area contributed by atoms with Gasteiger partial charge in [-0.15, -0.1) is 0 Å². The third-order valence-electron chi connectivity index (χ3n) is 3.77. The maximum absolute atomic E-state index is 11.3. The molecule has 2 rings (SSSR count). The molecule has 1 aromatic rings. The van der Waals surface area contributed by atoms with E-state index in [1.54, 1.807) is 6.26 Å². The third-order valence-corrected chi connectivity index (χ3v) is 4.71. The maximum atomic E-state index is 11.3. The molecule has 0 bridgehead atoms. The molecule has 1 saturated carbocycles. The Bertz CT molecular complexity index is 419. The number of aliphatic hydroxyl groups is 1. The normalized spacial score (nSPS) is 25.2. The summed E-state index contributed by atoms with van der Waals surface area (Å²) in [7, 11) is -0.899. The van der Waals surface area contributed by atoms with E-state index in [9.17, 15) is 9.32 Å². The van der Waals surface area contributed by atoms with Gasteiger partial charge in [-0.1, -0.05) is 18.6 Å². The SMILES string of the molecule is CS(=O)c1ccc(CNCC2CCCC(O)C2)cc1. The van der Waals surface area contributed by atoms with Crippen molar-refractivity contribution in [1.29, 1.82) is 0 Å². The molecule has 1 aromatic carbocycles. The van der Waals surface area contributed by atoms with Crippen LogP contribution in [-0.2, 0) is 17.3 Å². The zero-order chi connectivity index (χ0) is 13.7. The zero-order valence-electron chi connectivity index (χ0n) is 11.5. The second kappa shape index (κ2) is 7.17. The number of hydrogen-bond donors (Lipinski definition) is 2. The van der Waals surface area contributed by atoms with Crippen LogP contribution in [-0.4, -0.2) is 28.2 Å². The molecule has 3 nitrogen and oxygen atoms in total. The van der Waals surface area contributed by atoms with E-state index < -0.39 is 10.8 Å². The van der Waals surface area contributed by atoms with E-state index in [2.05, 4.69) is 5.32 Å². The Labute approximate surface area is 117 Å². The number of rotatable bonds is 5. The highest BCUT2D eigenvalue weighted by molar-refractivity contribution is 7.84. The first-order chi connectivity index (χ1) is 9.15. The molecule has 0 spiro atoms. The van der Waals surface area contributed by atoms with Crippen molar-refractivity contribution < 1.29 is 9.32 Å². The Morgan fingerprint density at radius 1 is 1.32 bits per heavy atom. The van der Waals surface area contributed by atoms with Crippen LogP contribution in [0.5, 0.6) is 0 Å². The average Bonchev–Trinajstić information content (AvgIpc) is 2.39. The molecule has 3 atom stereocenters. The fourth-order valence-corrected chi connectivity index (χ4v) is 3.19. The lowest BCUT2D eigenvalue weighted by molar-refractivity contribution is 0.101. The molecule has 1 aliphatic carbocycles. The van der Waals surface area contributed by atoms with Crippen molar-refractivity contribution >= 4 is 10.8 Å². The summed E-state index contributed by atoms with van der Waals surface area (Å²) in [6.45, 7) is 1.81. The molecule has 0 saturated heterocycles. The standard InChI is InChI=1S/C15H23NO2S/c1-19(18)15-7-5-12(6-8-15)10-16-11-13-3-2-4-14(17)9-13/h5-8,13-14,16-17H,2-4,9-11H2,1H3. The van der Waals surface area contributed by atoms with Gasteiger partial charge in [-0.2, -0.15) is 0 Å². The molecule has 0 amide bonds. The van der Waals surface area contributed by atoms with Gasteiger partial charge in [0.25, 0.3) is 0 Å². The van der Waals surface area contributed by atoms with Crippen LogP contribution in [0.3, 0.4) is 0 Å². The van der Waals surface area contributed by atoms with Crippen molar-refractivity contribution in [1.82, 2.24) is 5.32 Å². The molecule has 1 aliphatic rings. The fourth-order valence-electron chi connectivity index (χ4n) is 2.67. The van der Waals surface area contributed by atoms with E-state index >= 15 is 0 Å². The van der Waals surface area contributed by atoms with Crippen LogP contribution in [0.2, 0.25) is 0 Å². The van der Waals surface area contributed by atoms with Gasteiger partial charge in [0.15, 0.2) is 0 Å². The molecule has 0 radical (unpaired) electrons. The molecule has 0 heterocycles. The largest absolute Gasteiger partial charge is 0.393 e. The summed E-state index contributed by atoms with van der Waals surface area (Å²) in [5.74, 6) is 0.603. The van der Waals surface area contributed by atoms with E-state index in [-0.39, 0.29) is 6.10 Å². The van der Waals surface area contributed by atoms with Crippen LogP contribution in [0.4, 0.5) is 0 Å². The monoisotopic (exact) mass is 281 g/mol. The molecular weight excluding hydrogens is 258 g/mol. The van der Waals surface area contributed by atoms with Gasteiger partial charge < -0.3 is 10.4 Å². The zero-order valence-corrected chi connectivity index (χ0v) is 12.3. The van der Waals surface area contributed by atoms with Crippen LogP contribution in [0.25, 0.3) is 0 Å². The quantitative estimate of drug-likeness (QED) is 0.868. The smallest absolute Gasteiger partial charge is 0.0543 e. The molecule has 106 valence electrons. The predicted molar refractivity (Wildman–Crippen MR) is 78.4 cm³/mol. The molecular formula is C15H23NO2S. The van der Waals surface area contributed by atoms with Crippen molar-refractivity contribution in [2.45, 2.75) is 43.2 Å². The molecule has 19 heavy (non-hydrogen) atoms. The first-order valence-corrected chi connectivity index (χ1v) is 8.52. The van der Waals surface area contributed by atoms with Crippen molar-refractivity contribution in [3.63, 3.8) is 0 Å². The van der Waals surface area contributed by atoms with Gasteiger partial charge in [0.05, 0.1) is 6.10 Å². The number of hydrogen-bond acceptors (Lipinski definition) is 3. The Morgan fingerprint density at radius 3 is 2.68 bits per heavy atom.